The highest BCUT2D eigenvalue weighted by Crippen LogP contribution is 2.27. The third-order valence-corrected chi connectivity index (χ3v) is 7.81. The Labute approximate surface area is 158 Å². The van der Waals surface area contributed by atoms with Crippen molar-refractivity contribution in [3.63, 3.8) is 0 Å². The second-order valence-electron chi connectivity index (χ2n) is 6.67. The zero-order valence-electron chi connectivity index (χ0n) is 14.8. The van der Waals surface area contributed by atoms with Crippen molar-refractivity contribution in [1.82, 2.24) is 14.5 Å². The van der Waals surface area contributed by atoms with E-state index in [1.54, 1.807) is 5.38 Å². The number of rotatable bonds is 7. The van der Waals surface area contributed by atoms with Crippen molar-refractivity contribution in [3.8, 4) is 0 Å². The summed E-state index contributed by atoms with van der Waals surface area (Å²) in [4.78, 5) is 26.2. The van der Waals surface area contributed by atoms with E-state index in [0.29, 0.717) is 39.0 Å². The second-order valence-corrected chi connectivity index (χ2v) is 9.49. The molecule has 144 valence electrons. The van der Waals surface area contributed by atoms with Crippen molar-refractivity contribution in [3.05, 3.63) is 16.3 Å². The van der Waals surface area contributed by atoms with Crippen molar-refractivity contribution < 1.29 is 18.0 Å². The average Bonchev–Trinajstić information content (AvgIpc) is 3.29. The van der Waals surface area contributed by atoms with Gasteiger partial charge in [0.25, 0.3) is 5.91 Å². The molecule has 0 aromatic carbocycles. The molecule has 2 amide bonds. The Morgan fingerprint density at radius 2 is 1.92 bits per heavy atom. The van der Waals surface area contributed by atoms with Crippen molar-refractivity contribution >= 4 is 33.2 Å². The molecule has 0 unspecified atom stereocenters. The van der Waals surface area contributed by atoms with Crippen LogP contribution in [-0.2, 0) is 14.8 Å². The predicted molar refractivity (Wildman–Crippen MR) is 99.7 cm³/mol. The lowest BCUT2D eigenvalue weighted by atomic mass is 10.2. The Hall–Kier alpha value is -1.45. The molecule has 9 heteroatoms. The van der Waals surface area contributed by atoms with Gasteiger partial charge in [-0.15, -0.1) is 11.3 Å². The number of carbonyl (C=O) groups is 2. The van der Waals surface area contributed by atoms with Crippen molar-refractivity contribution in [1.29, 1.82) is 0 Å². The zero-order valence-corrected chi connectivity index (χ0v) is 16.4. The van der Waals surface area contributed by atoms with Gasteiger partial charge in [0.05, 0.1) is 0 Å². The van der Waals surface area contributed by atoms with Gasteiger partial charge in [0.1, 0.15) is 9.77 Å². The van der Waals surface area contributed by atoms with Gasteiger partial charge in [-0.2, -0.15) is 4.31 Å². The van der Waals surface area contributed by atoms with E-state index in [1.165, 1.54) is 10.4 Å². The number of piperidine rings is 1. The first-order valence-corrected chi connectivity index (χ1v) is 11.5. The summed E-state index contributed by atoms with van der Waals surface area (Å²) >= 11 is 1.15. The van der Waals surface area contributed by atoms with Crippen LogP contribution in [0.4, 0.5) is 0 Å². The largest absolute Gasteiger partial charge is 0.351 e. The molecule has 0 atom stereocenters. The maximum absolute atomic E-state index is 12.8. The number of amides is 2. The third kappa shape index (κ3) is 4.27. The number of nitrogens with one attached hydrogen (secondary N) is 1. The van der Waals surface area contributed by atoms with Gasteiger partial charge in [-0.1, -0.05) is 6.42 Å². The fourth-order valence-corrected chi connectivity index (χ4v) is 6.24. The van der Waals surface area contributed by atoms with Crippen molar-refractivity contribution in [2.45, 2.75) is 43.4 Å². The average molecular weight is 400 g/mol. The topological polar surface area (TPSA) is 86.8 Å². The summed E-state index contributed by atoms with van der Waals surface area (Å²) < 4.78 is 27.1. The van der Waals surface area contributed by atoms with Crippen LogP contribution < -0.4 is 5.32 Å². The molecule has 0 spiro atoms. The zero-order chi connectivity index (χ0) is 18.6. The highest BCUT2D eigenvalue weighted by molar-refractivity contribution is 7.89. The molecule has 1 N–H and O–H groups in total. The summed E-state index contributed by atoms with van der Waals surface area (Å²) in [6.07, 6.45) is 4.94. The first-order valence-electron chi connectivity index (χ1n) is 9.14. The lowest BCUT2D eigenvalue weighted by Gasteiger charge is -2.25. The molecule has 3 heterocycles. The molecule has 2 aliphatic heterocycles. The van der Waals surface area contributed by atoms with Crippen LogP contribution >= 0.6 is 11.3 Å². The number of hydrogen-bond donors (Lipinski definition) is 1. The molecule has 0 saturated carbocycles. The Bertz CT molecular complexity index is 754. The molecule has 1 aromatic heterocycles. The number of hydrogen-bond acceptors (Lipinski definition) is 5. The van der Waals surface area contributed by atoms with Gasteiger partial charge >= 0.3 is 0 Å². The Balaban J connectivity index is 1.57. The number of thiophene rings is 1. The van der Waals surface area contributed by atoms with Crippen molar-refractivity contribution in [2.75, 3.05) is 32.7 Å². The van der Waals surface area contributed by atoms with Crippen LogP contribution in [0.3, 0.4) is 0 Å². The third-order valence-electron chi connectivity index (χ3n) is 4.83. The quantitative estimate of drug-likeness (QED) is 0.707. The fourth-order valence-electron chi connectivity index (χ4n) is 3.40. The lowest BCUT2D eigenvalue weighted by molar-refractivity contribution is -0.127. The summed E-state index contributed by atoms with van der Waals surface area (Å²) in [5, 5.41) is 4.44. The molecular formula is C17H25N3O4S2. The smallest absolute Gasteiger partial charge is 0.262 e. The van der Waals surface area contributed by atoms with Gasteiger partial charge in [-0.3, -0.25) is 9.59 Å². The molecule has 0 aliphatic carbocycles. The number of carbonyl (C=O) groups excluding carboxylic acids is 2. The molecular weight excluding hydrogens is 374 g/mol. The minimum absolute atomic E-state index is 0.108. The highest BCUT2D eigenvalue weighted by Gasteiger charge is 2.30. The summed E-state index contributed by atoms with van der Waals surface area (Å²) in [7, 11) is -3.62. The molecule has 7 nitrogen and oxygen atoms in total. The summed E-state index contributed by atoms with van der Waals surface area (Å²) in [5.74, 6) is -0.187. The van der Waals surface area contributed by atoms with Gasteiger partial charge < -0.3 is 10.2 Å². The monoisotopic (exact) mass is 399 g/mol. The van der Waals surface area contributed by atoms with Gasteiger partial charge in [-0.25, -0.2) is 8.42 Å². The van der Waals surface area contributed by atoms with E-state index in [4.69, 9.17) is 0 Å². The first kappa shape index (κ1) is 19.3. The Morgan fingerprint density at radius 1 is 1.15 bits per heavy atom. The minimum atomic E-state index is -3.62. The normalized spacial score (nSPS) is 19.1. The molecule has 2 aliphatic rings. The van der Waals surface area contributed by atoms with Gasteiger partial charge in [0.2, 0.25) is 15.9 Å². The van der Waals surface area contributed by atoms with Crippen LogP contribution in [0, 0.1) is 0 Å². The standard InChI is InChI=1S/C17H25N3O4S2/c21-15-6-4-9-19(15)10-5-8-18-17(22)16-14(7-13-25-16)26(23,24)20-11-2-1-3-12-20/h7,13H,1-6,8-12H2,(H,18,22). The Morgan fingerprint density at radius 3 is 2.62 bits per heavy atom. The molecule has 1 aromatic rings. The SMILES string of the molecule is O=C(NCCCN1CCCC1=O)c1sccc1S(=O)(=O)N1CCCCC1. The number of sulfonamides is 1. The van der Waals surface area contributed by atoms with Crippen LogP contribution in [0.1, 0.15) is 48.2 Å². The molecule has 2 saturated heterocycles. The van der Waals surface area contributed by atoms with E-state index < -0.39 is 10.0 Å². The lowest BCUT2D eigenvalue weighted by Crippen LogP contribution is -2.36. The summed E-state index contributed by atoms with van der Waals surface area (Å²) in [6, 6.07) is 1.52. The van der Waals surface area contributed by atoms with Crippen LogP contribution in [0.5, 0.6) is 0 Å². The van der Waals surface area contributed by atoms with Crippen LogP contribution in [0.2, 0.25) is 0 Å². The van der Waals surface area contributed by atoms with E-state index in [1.807, 2.05) is 4.90 Å². The molecule has 26 heavy (non-hydrogen) atoms. The van der Waals surface area contributed by atoms with Crippen LogP contribution in [-0.4, -0.2) is 62.2 Å². The summed E-state index contributed by atoms with van der Waals surface area (Å²) in [6.45, 7) is 2.87. The van der Waals surface area contributed by atoms with Crippen LogP contribution in [0.25, 0.3) is 0 Å². The van der Waals surface area contributed by atoms with Gasteiger partial charge in [0.15, 0.2) is 0 Å². The van der Waals surface area contributed by atoms with E-state index >= 15 is 0 Å². The maximum atomic E-state index is 12.8. The first-order chi connectivity index (χ1) is 12.5. The maximum Gasteiger partial charge on any atom is 0.262 e. The number of likely N-dealkylation sites (tertiary alicyclic amines) is 1. The van der Waals surface area contributed by atoms with E-state index in [2.05, 4.69) is 5.32 Å². The number of nitrogens with zero attached hydrogens (tertiary/aromatic N) is 2. The molecule has 3 rings (SSSR count). The van der Waals surface area contributed by atoms with Gasteiger partial charge in [0, 0.05) is 39.1 Å². The van der Waals surface area contributed by atoms with Crippen LogP contribution in [0.15, 0.2) is 16.3 Å². The molecule has 2 fully saturated rings. The van der Waals surface area contributed by atoms with Gasteiger partial charge in [-0.05, 0) is 37.1 Å². The minimum Gasteiger partial charge on any atom is -0.351 e. The second kappa shape index (κ2) is 8.49. The molecule has 0 radical (unpaired) electrons. The Kier molecular flexibility index (Phi) is 6.31. The highest BCUT2D eigenvalue weighted by atomic mass is 32.2. The van der Waals surface area contributed by atoms with Crippen molar-refractivity contribution in [2.24, 2.45) is 0 Å². The van der Waals surface area contributed by atoms with E-state index in [9.17, 15) is 18.0 Å². The predicted octanol–water partition coefficient (Wildman–Crippen LogP) is 1.66. The van der Waals surface area contributed by atoms with E-state index in [0.717, 1.165) is 43.6 Å². The fraction of sp³-hybridized carbons (Fsp3) is 0.647. The van der Waals surface area contributed by atoms with E-state index in [-0.39, 0.29) is 21.6 Å². The molecule has 0 bridgehead atoms. The summed E-state index contributed by atoms with van der Waals surface area (Å²) in [5.41, 5.74) is 0.